The normalized spacial score (nSPS) is 10.5. The Labute approximate surface area is 129 Å². The summed E-state index contributed by atoms with van der Waals surface area (Å²) in [6.07, 6.45) is 2.13. The van der Waals surface area contributed by atoms with Crippen molar-refractivity contribution in [3.63, 3.8) is 0 Å². The molecule has 1 amide bonds. The van der Waals surface area contributed by atoms with Gasteiger partial charge in [0.05, 0.1) is 14.9 Å². The van der Waals surface area contributed by atoms with E-state index in [1.807, 2.05) is 12.1 Å². The van der Waals surface area contributed by atoms with Crippen LogP contribution in [0.2, 0.25) is 14.5 Å². The van der Waals surface area contributed by atoms with Gasteiger partial charge in [0.2, 0.25) is 0 Å². The number of hydrogen-bond acceptors (Lipinski definition) is 3. The minimum absolute atomic E-state index is 0.187. The van der Waals surface area contributed by atoms with E-state index in [9.17, 15) is 4.79 Å². The summed E-state index contributed by atoms with van der Waals surface area (Å²) in [6.45, 7) is 0.524. The van der Waals surface area contributed by atoms with Gasteiger partial charge in [0.1, 0.15) is 5.15 Å². The van der Waals surface area contributed by atoms with E-state index in [0.29, 0.717) is 12.1 Å². The predicted molar refractivity (Wildman–Crippen MR) is 79.6 cm³/mol. The quantitative estimate of drug-likeness (QED) is 0.856. The van der Waals surface area contributed by atoms with Crippen molar-refractivity contribution in [3.05, 3.63) is 49.3 Å². The van der Waals surface area contributed by atoms with Crippen LogP contribution in [-0.4, -0.2) is 17.4 Å². The molecule has 19 heavy (non-hydrogen) atoms. The van der Waals surface area contributed by atoms with Gasteiger partial charge >= 0.3 is 0 Å². The third-order valence-corrected chi connectivity index (χ3v) is 4.32. The van der Waals surface area contributed by atoms with Crippen molar-refractivity contribution in [1.29, 1.82) is 0 Å². The SMILES string of the molecule is O=C(NCCc1ccc(Cl)s1)c1cnc(Cl)c(Cl)c1. The molecule has 2 heterocycles. The number of carbonyl (C=O) groups is 1. The molecular formula is C12H9Cl3N2OS. The lowest BCUT2D eigenvalue weighted by Crippen LogP contribution is -2.25. The van der Waals surface area contributed by atoms with E-state index in [0.717, 1.165) is 15.6 Å². The Kier molecular flexibility index (Phi) is 5.05. The number of carbonyl (C=O) groups excluding carboxylic acids is 1. The lowest BCUT2D eigenvalue weighted by Gasteiger charge is -2.04. The first-order valence-corrected chi connectivity index (χ1v) is 7.35. The highest BCUT2D eigenvalue weighted by molar-refractivity contribution is 7.16. The molecule has 3 nitrogen and oxygen atoms in total. The molecule has 0 aliphatic heterocycles. The van der Waals surface area contributed by atoms with Crippen LogP contribution in [-0.2, 0) is 6.42 Å². The standard InChI is InChI=1S/C12H9Cl3N2OS/c13-9-5-7(6-17-11(9)15)12(18)16-4-3-8-1-2-10(14)19-8/h1-2,5-6H,3-4H2,(H,16,18). The van der Waals surface area contributed by atoms with E-state index in [2.05, 4.69) is 10.3 Å². The summed E-state index contributed by atoms with van der Waals surface area (Å²) in [4.78, 5) is 16.8. The largest absolute Gasteiger partial charge is 0.352 e. The van der Waals surface area contributed by atoms with Gasteiger partial charge in [-0.2, -0.15) is 0 Å². The second-order valence-corrected chi connectivity index (χ2v) is 6.27. The summed E-state index contributed by atoms with van der Waals surface area (Å²) in [5.74, 6) is -0.228. The van der Waals surface area contributed by atoms with Crippen LogP contribution in [0.15, 0.2) is 24.4 Å². The predicted octanol–water partition coefficient (Wildman–Crippen LogP) is 4.08. The van der Waals surface area contributed by atoms with Crippen LogP contribution in [0.25, 0.3) is 0 Å². The van der Waals surface area contributed by atoms with Gasteiger partial charge in [-0.15, -0.1) is 11.3 Å². The first-order chi connectivity index (χ1) is 9.06. The van der Waals surface area contributed by atoms with Crippen LogP contribution >= 0.6 is 46.1 Å². The fourth-order valence-corrected chi connectivity index (χ4v) is 2.79. The van der Waals surface area contributed by atoms with E-state index < -0.39 is 0 Å². The Morgan fingerprint density at radius 2 is 2.11 bits per heavy atom. The summed E-state index contributed by atoms with van der Waals surface area (Å²) in [7, 11) is 0. The Hall–Kier alpha value is -0.810. The maximum atomic E-state index is 11.8. The van der Waals surface area contributed by atoms with Crippen molar-refractivity contribution in [2.45, 2.75) is 6.42 Å². The van der Waals surface area contributed by atoms with Crippen molar-refractivity contribution >= 4 is 52.0 Å². The number of amides is 1. The molecule has 0 atom stereocenters. The monoisotopic (exact) mass is 334 g/mol. The molecule has 0 aliphatic carbocycles. The molecular weight excluding hydrogens is 327 g/mol. The molecule has 100 valence electrons. The van der Waals surface area contributed by atoms with E-state index in [4.69, 9.17) is 34.8 Å². The average molecular weight is 336 g/mol. The van der Waals surface area contributed by atoms with Gasteiger partial charge in [0, 0.05) is 17.6 Å². The van der Waals surface area contributed by atoms with Gasteiger partial charge in [0.25, 0.3) is 5.91 Å². The van der Waals surface area contributed by atoms with Gasteiger partial charge in [-0.1, -0.05) is 34.8 Å². The lowest BCUT2D eigenvalue weighted by molar-refractivity contribution is 0.0954. The van der Waals surface area contributed by atoms with Gasteiger partial charge < -0.3 is 5.32 Å². The first kappa shape index (κ1) is 14.6. The molecule has 2 rings (SSSR count). The third-order valence-electron chi connectivity index (χ3n) is 2.34. The third kappa shape index (κ3) is 4.08. The molecule has 2 aromatic heterocycles. The molecule has 0 saturated carbocycles. The molecule has 7 heteroatoms. The Morgan fingerprint density at radius 3 is 2.74 bits per heavy atom. The van der Waals surface area contributed by atoms with Crippen molar-refractivity contribution in [3.8, 4) is 0 Å². The summed E-state index contributed by atoms with van der Waals surface area (Å²) in [6, 6.07) is 5.28. The first-order valence-electron chi connectivity index (χ1n) is 5.39. The molecule has 0 unspecified atom stereocenters. The number of aromatic nitrogens is 1. The van der Waals surface area contributed by atoms with E-state index in [1.54, 1.807) is 0 Å². The van der Waals surface area contributed by atoms with Crippen LogP contribution in [0.5, 0.6) is 0 Å². The zero-order valence-electron chi connectivity index (χ0n) is 9.62. The summed E-state index contributed by atoms with van der Waals surface area (Å²) >= 11 is 18.8. The molecule has 0 fully saturated rings. The maximum Gasteiger partial charge on any atom is 0.252 e. The zero-order valence-corrected chi connectivity index (χ0v) is 12.7. The second kappa shape index (κ2) is 6.57. The number of thiophene rings is 1. The van der Waals surface area contributed by atoms with Gasteiger partial charge in [-0.05, 0) is 24.6 Å². The van der Waals surface area contributed by atoms with Crippen LogP contribution in [0.3, 0.4) is 0 Å². The molecule has 1 N–H and O–H groups in total. The maximum absolute atomic E-state index is 11.8. The fourth-order valence-electron chi connectivity index (χ4n) is 1.43. The smallest absolute Gasteiger partial charge is 0.252 e. The van der Waals surface area contributed by atoms with Crippen LogP contribution in [0.4, 0.5) is 0 Å². The minimum atomic E-state index is -0.228. The molecule has 0 spiro atoms. The second-order valence-electron chi connectivity index (χ2n) is 3.71. The molecule has 2 aromatic rings. The molecule has 0 aliphatic rings. The molecule has 0 radical (unpaired) electrons. The Balaban J connectivity index is 1.89. The van der Waals surface area contributed by atoms with Gasteiger partial charge in [-0.3, -0.25) is 4.79 Å². The number of hydrogen-bond donors (Lipinski definition) is 1. The van der Waals surface area contributed by atoms with Crippen LogP contribution in [0.1, 0.15) is 15.2 Å². The number of rotatable bonds is 4. The van der Waals surface area contributed by atoms with Crippen molar-refractivity contribution < 1.29 is 4.79 Å². The number of nitrogens with zero attached hydrogens (tertiary/aromatic N) is 1. The molecule has 0 saturated heterocycles. The fraction of sp³-hybridized carbons (Fsp3) is 0.167. The highest BCUT2D eigenvalue weighted by atomic mass is 35.5. The van der Waals surface area contributed by atoms with E-state index in [1.165, 1.54) is 23.6 Å². The topological polar surface area (TPSA) is 42.0 Å². The number of halogens is 3. The molecule has 0 aromatic carbocycles. The zero-order chi connectivity index (χ0) is 13.8. The van der Waals surface area contributed by atoms with Crippen LogP contribution < -0.4 is 5.32 Å². The number of pyridine rings is 1. The lowest BCUT2D eigenvalue weighted by atomic mass is 10.2. The number of nitrogens with one attached hydrogen (secondary N) is 1. The Morgan fingerprint density at radius 1 is 1.32 bits per heavy atom. The summed E-state index contributed by atoms with van der Waals surface area (Å²) < 4.78 is 0.745. The Bertz CT molecular complexity index is 600. The average Bonchev–Trinajstić information content (AvgIpc) is 2.78. The van der Waals surface area contributed by atoms with Crippen molar-refractivity contribution in [1.82, 2.24) is 10.3 Å². The highest BCUT2D eigenvalue weighted by Gasteiger charge is 2.08. The molecule has 0 bridgehead atoms. The van der Waals surface area contributed by atoms with E-state index in [-0.39, 0.29) is 16.1 Å². The van der Waals surface area contributed by atoms with Gasteiger partial charge in [-0.25, -0.2) is 4.98 Å². The van der Waals surface area contributed by atoms with Gasteiger partial charge in [0.15, 0.2) is 0 Å². The van der Waals surface area contributed by atoms with Crippen molar-refractivity contribution in [2.24, 2.45) is 0 Å². The minimum Gasteiger partial charge on any atom is -0.352 e. The highest BCUT2D eigenvalue weighted by Crippen LogP contribution is 2.21. The summed E-state index contributed by atoms with van der Waals surface area (Å²) in [5.41, 5.74) is 0.388. The van der Waals surface area contributed by atoms with Crippen molar-refractivity contribution in [2.75, 3.05) is 6.54 Å². The summed E-state index contributed by atoms with van der Waals surface area (Å²) in [5, 5.41) is 3.24. The van der Waals surface area contributed by atoms with E-state index >= 15 is 0 Å². The van der Waals surface area contributed by atoms with Crippen LogP contribution in [0, 0.1) is 0 Å².